The molecule has 4 nitrogen and oxygen atoms in total. The molecule has 0 bridgehead atoms. The molecule has 4 aliphatic carbocycles. The normalized spacial score (nSPS) is 39.4. The summed E-state index contributed by atoms with van der Waals surface area (Å²) < 4.78 is 19.2. The van der Waals surface area contributed by atoms with Crippen LogP contribution in [0.5, 0.6) is 0 Å². The van der Waals surface area contributed by atoms with Gasteiger partial charge in [-0.1, -0.05) is 80.9 Å². The fourth-order valence-electron chi connectivity index (χ4n) is 10.8. The first-order valence-electron chi connectivity index (χ1n) is 19.1. The third kappa shape index (κ3) is 7.10. The van der Waals surface area contributed by atoms with Gasteiger partial charge in [0.05, 0.1) is 19.3 Å². The number of hydrogen-bond donors (Lipinski definition) is 1. The van der Waals surface area contributed by atoms with Crippen molar-refractivity contribution in [2.24, 2.45) is 57.7 Å². The Morgan fingerprint density at radius 1 is 0.956 bits per heavy atom. The van der Waals surface area contributed by atoms with E-state index in [1.165, 1.54) is 44.9 Å². The lowest BCUT2D eigenvalue weighted by molar-refractivity contribution is -0.230. The number of ether oxygens (including phenoxy) is 2. The van der Waals surface area contributed by atoms with Crippen LogP contribution in [0.25, 0.3) is 0 Å². The van der Waals surface area contributed by atoms with Crippen molar-refractivity contribution < 1.29 is 19.0 Å². The molecule has 1 aliphatic heterocycles. The molecule has 0 amide bonds. The van der Waals surface area contributed by atoms with Crippen molar-refractivity contribution in [2.45, 2.75) is 170 Å². The first-order chi connectivity index (χ1) is 20.8. The van der Waals surface area contributed by atoms with Crippen LogP contribution in [0, 0.1) is 57.7 Å². The summed E-state index contributed by atoms with van der Waals surface area (Å²) in [6, 6.07) is 0. The minimum Gasteiger partial charge on any atom is -0.414 e. The van der Waals surface area contributed by atoms with E-state index in [2.05, 4.69) is 88.4 Å². The van der Waals surface area contributed by atoms with E-state index in [9.17, 15) is 5.11 Å². The fraction of sp³-hybridized carbons (Fsp3) is 0.950. The second kappa shape index (κ2) is 12.9. The molecule has 0 radical (unpaired) electrons. The summed E-state index contributed by atoms with van der Waals surface area (Å²) in [4.78, 5) is 0. The quantitative estimate of drug-likeness (QED) is 0.200. The third-order valence-electron chi connectivity index (χ3n) is 14.9. The highest BCUT2D eigenvalue weighted by molar-refractivity contribution is 6.74. The summed E-state index contributed by atoms with van der Waals surface area (Å²) in [7, 11) is -1.76. The molecule has 6 unspecified atom stereocenters. The Kier molecular flexibility index (Phi) is 10.4. The van der Waals surface area contributed by atoms with Gasteiger partial charge >= 0.3 is 0 Å². The summed E-state index contributed by atoms with van der Waals surface area (Å²) in [5.74, 6) is 4.26. The zero-order chi connectivity index (χ0) is 33.2. The van der Waals surface area contributed by atoms with Gasteiger partial charge in [0.2, 0.25) is 0 Å². The van der Waals surface area contributed by atoms with Gasteiger partial charge in [0.1, 0.15) is 0 Å². The SMILES string of the molecule is CC(C)C(CC1OCC(C)(C)CO1)CC(O)C(C)[C@H]1CCC2C3CC=C4C[C@@H](O[Si](C)(C)C(C)(C)C)CC[C@]4(C)C3CC[C@@]21C. The van der Waals surface area contributed by atoms with Gasteiger partial charge in [0.25, 0.3) is 0 Å². The first kappa shape index (κ1) is 36.1. The molecule has 5 heteroatoms. The molecule has 1 N–H and O–H groups in total. The van der Waals surface area contributed by atoms with Crippen LogP contribution in [0.4, 0.5) is 0 Å². The fourth-order valence-corrected chi connectivity index (χ4v) is 12.2. The number of rotatable bonds is 9. The van der Waals surface area contributed by atoms with Gasteiger partial charge in [0, 0.05) is 17.9 Å². The summed E-state index contributed by atoms with van der Waals surface area (Å²) in [5, 5.41) is 12.1. The summed E-state index contributed by atoms with van der Waals surface area (Å²) in [5.41, 5.74) is 2.52. The van der Waals surface area contributed by atoms with E-state index >= 15 is 0 Å². The largest absolute Gasteiger partial charge is 0.414 e. The van der Waals surface area contributed by atoms with Crippen LogP contribution in [0.3, 0.4) is 0 Å². The van der Waals surface area contributed by atoms with E-state index in [0.717, 1.165) is 50.2 Å². The van der Waals surface area contributed by atoms with Gasteiger partial charge in [-0.3, -0.25) is 0 Å². The van der Waals surface area contributed by atoms with Crippen LogP contribution in [-0.4, -0.2) is 45.1 Å². The van der Waals surface area contributed by atoms with Crippen LogP contribution >= 0.6 is 0 Å². The molecule has 4 fully saturated rings. The van der Waals surface area contributed by atoms with Crippen LogP contribution < -0.4 is 0 Å². The molecule has 1 saturated heterocycles. The van der Waals surface area contributed by atoms with Crippen LogP contribution in [-0.2, 0) is 13.9 Å². The third-order valence-corrected chi connectivity index (χ3v) is 19.5. The maximum absolute atomic E-state index is 11.8. The summed E-state index contributed by atoms with van der Waals surface area (Å²) >= 11 is 0. The number of aliphatic hydroxyl groups is 1. The highest BCUT2D eigenvalue weighted by atomic mass is 28.4. The monoisotopic (exact) mass is 645 g/mol. The molecule has 0 aromatic carbocycles. The average Bonchev–Trinajstić information content (AvgIpc) is 3.29. The molecule has 0 aromatic rings. The molecule has 5 aliphatic rings. The van der Waals surface area contributed by atoms with Gasteiger partial charge in [-0.05, 0) is 128 Å². The van der Waals surface area contributed by atoms with E-state index in [1.807, 2.05) is 0 Å². The lowest BCUT2D eigenvalue weighted by Crippen LogP contribution is -2.52. The van der Waals surface area contributed by atoms with E-state index < -0.39 is 8.32 Å². The molecule has 0 spiro atoms. The van der Waals surface area contributed by atoms with Gasteiger partial charge in [-0.25, -0.2) is 0 Å². The maximum Gasteiger partial charge on any atom is 0.192 e. The van der Waals surface area contributed by atoms with E-state index in [-0.39, 0.29) is 22.8 Å². The van der Waals surface area contributed by atoms with Crippen molar-refractivity contribution >= 4 is 8.32 Å². The number of allylic oxidation sites excluding steroid dienone is 1. The minimum absolute atomic E-state index is 0.0942. The molecular formula is C40H72O4Si. The molecular weight excluding hydrogens is 573 g/mol. The van der Waals surface area contributed by atoms with Gasteiger partial charge < -0.3 is 19.0 Å². The van der Waals surface area contributed by atoms with Crippen molar-refractivity contribution in [1.82, 2.24) is 0 Å². The van der Waals surface area contributed by atoms with Gasteiger partial charge in [0.15, 0.2) is 14.6 Å². The molecule has 10 atom stereocenters. The molecule has 1 heterocycles. The minimum atomic E-state index is -1.76. The van der Waals surface area contributed by atoms with Crippen molar-refractivity contribution in [3.63, 3.8) is 0 Å². The standard InChI is InChI=1S/C40H72O4Si/c1-26(2)28(22-36-42-24-38(7,8)25-43-36)21-35(41)27(3)32-15-16-33-31-14-13-29-23-30(44-45(11,12)37(4,5)6)17-19-39(29,9)34(31)18-20-40(32,33)10/h13,26-28,30-36,41H,14-25H2,1-12H3/t27?,28?,30-,31?,32+,33?,34?,35?,39-,40+/m0/s1. The van der Waals surface area contributed by atoms with Crippen molar-refractivity contribution in [2.75, 3.05) is 13.2 Å². The van der Waals surface area contributed by atoms with E-state index in [1.54, 1.807) is 5.57 Å². The summed E-state index contributed by atoms with van der Waals surface area (Å²) in [6.07, 6.45) is 14.7. The van der Waals surface area contributed by atoms with Crippen LogP contribution in [0.1, 0.15) is 133 Å². The second-order valence-corrected chi connectivity index (χ2v) is 24.6. The average molecular weight is 645 g/mol. The van der Waals surface area contributed by atoms with E-state index in [4.69, 9.17) is 13.9 Å². The summed E-state index contributed by atoms with van der Waals surface area (Å²) in [6.45, 7) is 30.1. The Labute approximate surface area is 279 Å². The van der Waals surface area contributed by atoms with Crippen molar-refractivity contribution in [3.05, 3.63) is 11.6 Å². The second-order valence-electron chi connectivity index (χ2n) is 19.8. The Hall–Kier alpha value is -0.203. The highest BCUT2D eigenvalue weighted by Gasteiger charge is 2.60. The van der Waals surface area contributed by atoms with Crippen molar-refractivity contribution in [3.8, 4) is 0 Å². The first-order valence-corrected chi connectivity index (χ1v) is 22.0. The zero-order valence-corrected chi connectivity index (χ0v) is 32.5. The lowest BCUT2D eigenvalue weighted by atomic mass is 9.47. The highest BCUT2D eigenvalue weighted by Crippen LogP contribution is 2.67. The number of aliphatic hydroxyl groups excluding tert-OH is 1. The topological polar surface area (TPSA) is 47.9 Å². The van der Waals surface area contributed by atoms with Crippen LogP contribution in [0.15, 0.2) is 11.6 Å². The van der Waals surface area contributed by atoms with Gasteiger partial charge in [-0.15, -0.1) is 0 Å². The smallest absolute Gasteiger partial charge is 0.192 e. The zero-order valence-electron chi connectivity index (χ0n) is 31.5. The Bertz CT molecular complexity index is 1050. The molecule has 3 saturated carbocycles. The molecule has 5 rings (SSSR count). The maximum atomic E-state index is 11.8. The predicted molar refractivity (Wildman–Crippen MR) is 189 cm³/mol. The lowest BCUT2D eigenvalue weighted by Gasteiger charge is -2.59. The number of hydrogen-bond acceptors (Lipinski definition) is 4. The Morgan fingerprint density at radius 3 is 2.24 bits per heavy atom. The van der Waals surface area contributed by atoms with E-state index in [0.29, 0.717) is 40.6 Å². The number of fused-ring (bicyclic) bond motifs is 5. The predicted octanol–water partition coefficient (Wildman–Crippen LogP) is 10.4. The Balaban J connectivity index is 1.23. The molecule has 45 heavy (non-hydrogen) atoms. The van der Waals surface area contributed by atoms with Crippen molar-refractivity contribution in [1.29, 1.82) is 0 Å². The van der Waals surface area contributed by atoms with Gasteiger partial charge in [-0.2, -0.15) is 0 Å². The Morgan fingerprint density at radius 2 is 1.62 bits per heavy atom. The molecule has 0 aromatic heterocycles. The molecule has 260 valence electrons. The van der Waals surface area contributed by atoms with Crippen LogP contribution in [0.2, 0.25) is 18.1 Å².